The zero-order valence-corrected chi connectivity index (χ0v) is 16.1. The molecule has 0 aliphatic carbocycles. The Labute approximate surface area is 167 Å². The Kier molecular flexibility index (Phi) is 6.03. The van der Waals surface area contributed by atoms with Crippen LogP contribution in [0.2, 0.25) is 0 Å². The van der Waals surface area contributed by atoms with Gasteiger partial charge in [-0.15, -0.1) is 0 Å². The molecule has 0 fully saturated rings. The molecule has 3 aromatic rings. The van der Waals surface area contributed by atoms with E-state index in [9.17, 15) is 14.4 Å². The average molecular weight is 391 g/mol. The molecule has 1 heterocycles. The van der Waals surface area contributed by atoms with Crippen LogP contribution >= 0.6 is 0 Å². The summed E-state index contributed by atoms with van der Waals surface area (Å²) >= 11 is 0. The predicted octanol–water partition coefficient (Wildman–Crippen LogP) is 1.77. The fourth-order valence-electron chi connectivity index (χ4n) is 2.80. The number of nitrogens with one attached hydrogen (secondary N) is 2. The number of hydrazone groups is 1. The monoisotopic (exact) mass is 391 g/mol. The summed E-state index contributed by atoms with van der Waals surface area (Å²) in [6, 6.07) is 18.6. The molecule has 0 aliphatic heterocycles. The van der Waals surface area contributed by atoms with Crippen molar-refractivity contribution in [3.05, 3.63) is 82.3 Å². The summed E-state index contributed by atoms with van der Waals surface area (Å²) < 4.78 is 3.03. The average Bonchev–Trinajstić information content (AvgIpc) is 2.95. The zero-order chi connectivity index (χ0) is 20.8. The molecule has 0 atom stereocenters. The number of anilines is 1. The van der Waals surface area contributed by atoms with Crippen LogP contribution in [-0.2, 0) is 23.1 Å². The van der Waals surface area contributed by atoms with Gasteiger partial charge in [0.15, 0.2) is 0 Å². The van der Waals surface area contributed by atoms with Gasteiger partial charge in [-0.3, -0.25) is 19.1 Å². The highest BCUT2D eigenvalue weighted by atomic mass is 16.2. The summed E-state index contributed by atoms with van der Waals surface area (Å²) in [4.78, 5) is 36.9. The van der Waals surface area contributed by atoms with Gasteiger partial charge >= 0.3 is 11.8 Å². The molecule has 0 spiro atoms. The maximum atomic E-state index is 12.8. The number of rotatable bonds is 5. The lowest BCUT2D eigenvalue weighted by Gasteiger charge is -2.07. The number of amides is 2. The van der Waals surface area contributed by atoms with Gasteiger partial charge in [-0.25, -0.2) is 10.1 Å². The van der Waals surface area contributed by atoms with Crippen LogP contribution in [0.5, 0.6) is 0 Å². The Morgan fingerprint density at radius 3 is 2.28 bits per heavy atom. The number of nitrogens with zero attached hydrogens (tertiary/aromatic N) is 3. The van der Waals surface area contributed by atoms with E-state index < -0.39 is 17.4 Å². The van der Waals surface area contributed by atoms with Crippen molar-refractivity contribution >= 4 is 23.7 Å². The van der Waals surface area contributed by atoms with Crippen molar-refractivity contribution in [3.8, 4) is 5.69 Å². The Morgan fingerprint density at radius 2 is 1.62 bits per heavy atom. The molecule has 0 aliphatic rings. The second kappa shape index (κ2) is 8.83. The Balaban J connectivity index is 1.67. The summed E-state index contributed by atoms with van der Waals surface area (Å²) in [5.74, 6) is -1.92. The third-order valence-corrected chi connectivity index (χ3v) is 4.43. The van der Waals surface area contributed by atoms with Crippen molar-refractivity contribution in [1.82, 2.24) is 14.8 Å². The first-order valence-electron chi connectivity index (χ1n) is 9.00. The molecule has 0 saturated carbocycles. The van der Waals surface area contributed by atoms with Crippen LogP contribution in [0.1, 0.15) is 11.3 Å². The highest BCUT2D eigenvalue weighted by molar-refractivity contribution is 6.39. The zero-order valence-electron chi connectivity index (χ0n) is 16.1. The molecule has 0 radical (unpaired) electrons. The van der Waals surface area contributed by atoms with Crippen molar-refractivity contribution in [2.24, 2.45) is 12.1 Å². The molecule has 29 heavy (non-hydrogen) atoms. The predicted molar refractivity (Wildman–Crippen MR) is 111 cm³/mol. The number of hydrogen-bond acceptors (Lipinski definition) is 4. The number of carbonyl (C=O) groups excluding carboxylic acids is 2. The van der Waals surface area contributed by atoms with Gasteiger partial charge < -0.3 is 5.32 Å². The van der Waals surface area contributed by atoms with Gasteiger partial charge in [-0.2, -0.15) is 5.10 Å². The van der Waals surface area contributed by atoms with Crippen molar-refractivity contribution in [3.63, 3.8) is 0 Å². The van der Waals surface area contributed by atoms with Crippen molar-refractivity contribution in [2.75, 3.05) is 5.32 Å². The lowest BCUT2D eigenvalue weighted by molar-refractivity contribution is -0.136. The molecule has 1 aromatic heterocycles. The maximum absolute atomic E-state index is 12.8. The molecular weight excluding hydrogens is 370 g/mol. The van der Waals surface area contributed by atoms with Crippen LogP contribution in [0, 0.1) is 6.92 Å². The minimum atomic E-state index is -0.965. The van der Waals surface area contributed by atoms with Crippen LogP contribution in [0.3, 0.4) is 0 Å². The number of benzene rings is 2. The molecular formula is C21H21N5O3. The van der Waals surface area contributed by atoms with Gasteiger partial charge in [0.25, 0.3) is 5.56 Å². The molecule has 2 amide bonds. The normalized spacial score (nSPS) is 10.8. The molecule has 0 bridgehead atoms. The standard InChI is InChI=1S/C21H21N5O3/c1-15-18(21(29)26(25(15)2)17-11-7-4-8-12-17)23-19(27)20(28)24-22-14-13-16-9-5-3-6-10-16/h3-12,14H,13H2,1-2H3,(H,23,27)(H,24,28)/b22-14+. The van der Waals surface area contributed by atoms with Gasteiger partial charge in [-0.1, -0.05) is 48.5 Å². The van der Waals surface area contributed by atoms with E-state index in [1.54, 1.807) is 30.8 Å². The van der Waals surface area contributed by atoms with Gasteiger partial charge in [0.05, 0.1) is 11.4 Å². The molecule has 2 aromatic carbocycles. The Morgan fingerprint density at radius 1 is 1.00 bits per heavy atom. The van der Waals surface area contributed by atoms with Gasteiger partial charge in [-0.05, 0) is 24.6 Å². The molecule has 3 rings (SSSR count). The van der Waals surface area contributed by atoms with Crippen LogP contribution in [-0.4, -0.2) is 27.4 Å². The van der Waals surface area contributed by atoms with E-state index in [2.05, 4.69) is 15.8 Å². The third kappa shape index (κ3) is 4.49. The van der Waals surface area contributed by atoms with E-state index in [4.69, 9.17) is 0 Å². The lowest BCUT2D eigenvalue weighted by atomic mass is 10.2. The van der Waals surface area contributed by atoms with E-state index >= 15 is 0 Å². The second-order valence-corrected chi connectivity index (χ2v) is 6.33. The topological polar surface area (TPSA) is 97.5 Å². The minimum Gasteiger partial charge on any atom is -0.311 e. The van der Waals surface area contributed by atoms with E-state index in [-0.39, 0.29) is 5.69 Å². The summed E-state index contributed by atoms with van der Waals surface area (Å²) in [6.45, 7) is 1.69. The van der Waals surface area contributed by atoms with Crippen LogP contribution < -0.4 is 16.3 Å². The molecule has 0 saturated heterocycles. The number of carbonyl (C=O) groups is 2. The largest absolute Gasteiger partial charge is 0.329 e. The van der Waals surface area contributed by atoms with E-state index in [1.807, 2.05) is 48.5 Å². The molecule has 2 N–H and O–H groups in total. The third-order valence-electron chi connectivity index (χ3n) is 4.43. The SMILES string of the molecule is Cc1c(NC(=O)C(=O)N/N=C/Cc2ccccc2)c(=O)n(-c2ccccc2)n1C. The minimum absolute atomic E-state index is 0.0461. The fraction of sp³-hybridized carbons (Fsp3) is 0.143. The number of hydrogen-bond donors (Lipinski definition) is 2. The summed E-state index contributed by atoms with van der Waals surface area (Å²) in [6.07, 6.45) is 2.01. The second-order valence-electron chi connectivity index (χ2n) is 6.33. The van der Waals surface area contributed by atoms with Crippen LogP contribution in [0.15, 0.2) is 70.6 Å². The molecule has 8 heteroatoms. The smallest absolute Gasteiger partial charge is 0.311 e. The Bertz CT molecular complexity index is 1100. The van der Waals surface area contributed by atoms with Gasteiger partial charge in [0, 0.05) is 19.7 Å². The summed E-state index contributed by atoms with van der Waals surface area (Å²) in [5, 5.41) is 6.16. The highest BCUT2D eigenvalue weighted by Gasteiger charge is 2.21. The first kappa shape index (κ1) is 19.8. The van der Waals surface area contributed by atoms with E-state index in [0.29, 0.717) is 17.8 Å². The first-order chi connectivity index (χ1) is 14.0. The van der Waals surface area contributed by atoms with Crippen LogP contribution in [0.4, 0.5) is 5.69 Å². The fourth-order valence-corrected chi connectivity index (χ4v) is 2.80. The highest BCUT2D eigenvalue weighted by Crippen LogP contribution is 2.13. The van der Waals surface area contributed by atoms with Gasteiger partial charge in [0.1, 0.15) is 5.69 Å². The number of aromatic nitrogens is 2. The van der Waals surface area contributed by atoms with E-state index in [1.165, 1.54) is 10.9 Å². The summed E-state index contributed by atoms with van der Waals surface area (Å²) in [7, 11) is 1.70. The van der Waals surface area contributed by atoms with Crippen LogP contribution in [0.25, 0.3) is 5.69 Å². The van der Waals surface area contributed by atoms with Gasteiger partial charge in [0.2, 0.25) is 0 Å². The quantitative estimate of drug-likeness (QED) is 0.394. The van der Waals surface area contributed by atoms with Crippen molar-refractivity contribution in [2.45, 2.75) is 13.3 Å². The maximum Gasteiger partial charge on any atom is 0.329 e. The summed E-state index contributed by atoms with van der Waals surface area (Å²) in [5.41, 5.74) is 3.98. The Hall–Kier alpha value is -3.94. The van der Waals surface area contributed by atoms with Crippen molar-refractivity contribution < 1.29 is 9.59 Å². The molecule has 148 valence electrons. The lowest BCUT2D eigenvalue weighted by Crippen LogP contribution is -2.34. The number of para-hydroxylation sites is 1. The van der Waals surface area contributed by atoms with Crippen molar-refractivity contribution in [1.29, 1.82) is 0 Å². The van der Waals surface area contributed by atoms with E-state index in [0.717, 1.165) is 5.56 Å². The molecule has 8 nitrogen and oxygen atoms in total. The molecule has 0 unspecified atom stereocenters. The first-order valence-corrected chi connectivity index (χ1v) is 9.00.